The van der Waals surface area contributed by atoms with Crippen LogP contribution in [0.3, 0.4) is 0 Å². The summed E-state index contributed by atoms with van der Waals surface area (Å²) in [6.45, 7) is 4.51. The van der Waals surface area contributed by atoms with Gasteiger partial charge in [0.15, 0.2) is 0 Å². The molecule has 3 heteroatoms. The van der Waals surface area contributed by atoms with E-state index in [0.29, 0.717) is 0 Å². The lowest BCUT2D eigenvalue weighted by atomic mass is 10.2. The number of rotatable bonds is 6. The van der Waals surface area contributed by atoms with E-state index >= 15 is 0 Å². The van der Waals surface area contributed by atoms with Crippen LogP contribution in [-0.4, -0.2) is 23.4 Å². The maximum absolute atomic E-state index is 9.40. The summed E-state index contributed by atoms with van der Waals surface area (Å²) in [5.41, 5.74) is 1.23. The zero-order chi connectivity index (χ0) is 12.3. The summed E-state index contributed by atoms with van der Waals surface area (Å²) >= 11 is 0. The largest absolute Gasteiger partial charge is 0.488 e. The number of hydrogen-bond acceptors (Lipinski definition) is 3. The second kappa shape index (κ2) is 5.52. The normalized spacial score (nSPS) is 18.8. The van der Waals surface area contributed by atoms with Crippen molar-refractivity contribution in [3.05, 3.63) is 29.8 Å². The number of hydrogen-bond donors (Lipinski definition) is 2. The van der Waals surface area contributed by atoms with Crippen LogP contribution in [-0.2, 0) is 6.54 Å². The van der Waals surface area contributed by atoms with Gasteiger partial charge in [0.05, 0.1) is 6.10 Å². The van der Waals surface area contributed by atoms with E-state index in [9.17, 15) is 5.11 Å². The topological polar surface area (TPSA) is 41.5 Å². The molecule has 2 unspecified atom stereocenters. The Morgan fingerprint density at radius 3 is 2.82 bits per heavy atom. The van der Waals surface area contributed by atoms with E-state index < -0.39 is 6.10 Å². The van der Waals surface area contributed by atoms with Crippen LogP contribution in [0.15, 0.2) is 24.3 Å². The predicted molar refractivity (Wildman–Crippen MR) is 68.1 cm³/mol. The summed E-state index contributed by atoms with van der Waals surface area (Å²) in [7, 11) is 0. The molecule has 1 aromatic carbocycles. The SMILES string of the molecule is CC(O)C(C)Oc1cccc(CNC2CC2)c1. The van der Waals surface area contributed by atoms with Crippen molar-refractivity contribution in [1.29, 1.82) is 0 Å². The van der Waals surface area contributed by atoms with Crippen molar-refractivity contribution >= 4 is 0 Å². The summed E-state index contributed by atoms with van der Waals surface area (Å²) in [4.78, 5) is 0. The molecular formula is C14H21NO2. The van der Waals surface area contributed by atoms with Gasteiger partial charge < -0.3 is 15.2 Å². The Kier molecular flexibility index (Phi) is 4.02. The molecule has 1 aliphatic carbocycles. The molecule has 0 amide bonds. The third-order valence-electron chi connectivity index (χ3n) is 3.07. The molecule has 1 fully saturated rings. The highest BCUT2D eigenvalue weighted by molar-refractivity contribution is 5.28. The first-order valence-electron chi connectivity index (χ1n) is 6.32. The van der Waals surface area contributed by atoms with E-state index in [1.165, 1.54) is 18.4 Å². The minimum atomic E-state index is -0.455. The van der Waals surface area contributed by atoms with E-state index in [1.807, 2.05) is 25.1 Å². The smallest absolute Gasteiger partial charge is 0.121 e. The Morgan fingerprint density at radius 1 is 1.41 bits per heavy atom. The Balaban J connectivity index is 1.90. The van der Waals surface area contributed by atoms with E-state index in [4.69, 9.17) is 4.74 Å². The standard InChI is InChI=1S/C14H21NO2/c1-10(16)11(2)17-14-5-3-4-12(8-14)9-15-13-6-7-13/h3-5,8,10-11,13,15-16H,6-7,9H2,1-2H3. The molecule has 3 nitrogen and oxygen atoms in total. The first-order valence-corrected chi connectivity index (χ1v) is 6.32. The summed E-state index contributed by atoms with van der Waals surface area (Å²) in [6, 6.07) is 8.77. The molecule has 0 radical (unpaired) electrons. The van der Waals surface area contributed by atoms with Crippen LogP contribution < -0.4 is 10.1 Å². The van der Waals surface area contributed by atoms with Gasteiger partial charge in [-0.25, -0.2) is 0 Å². The highest BCUT2D eigenvalue weighted by Crippen LogP contribution is 2.20. The Bertz CT molecular complexity index is 361. The summed E-state index contributed by atoms with van der Waals surface area (Å²) in [5, 5.41) is 12.9. The van der Waals surface area contributed by atoms with Crippen LogP contribution in [0.25, 0.3) is 0 Å². The van der Waals surface area contributed by atoms with Crippen molar-refractivity contribution in [3.8, 4) is 5.75 Å². The maximum Gasteiger partial charge on any atom is 0.121 e. The number of aliphatic hydroxyl groups excluding tert-OH is 1. The predicted octanol–water partition coefficient (Wildman–Crippen LogP) is 2.09. The van der Waals surface area contributed by atoms with Crippen molar-refractivity contribution in [2.75, 3.05) is 0 Å². The lowest BCUT2D eigenvalue weighted by Crippen LogP contribution is -2.25. The van der Waals surface area contributed by atoms with E-state index in [-0.39, 0.29) is 6.10 Å². The molecule has 0 saturated heterocycles. The average Bonchev–Trinajstić information content (AvgIpc) is 3.10. The van der Waals surface area contributed by atoms with Gasteiger partial charge in [0.25, 0.3) is 0 Å². The van der Waals surface area contributed by atoms with Gasteiger partial charge in [-0.2, -0.15) is 0 Å². The molecule has 2 rings (SSSR count). The minimum Gasteiger partial charge on any atom is -0.488 e. The zero-order valence-corrected chi connectivity index (χ0v) is 10.5. The van der Waals surface area contributed by atoms with Gasteiger partial charge >= 0.3 is 0 Å². The first kappa shape index (κ1) is 12.4. The molecule has 2 N–H and O–H groups in total. The lowest BCUT2D eigenvalue weighted by molar-refractivity contribution is 0.0604. The molecule has 2 atom stereocenters. The Hall–Kier alpha value is -1.06. The highest BCUT2D eigenvalue weighted by Gasteiger charge is 2.20. The van der Waals surface area contributed by atoms with Crippen molar-refractivity contribution in [3.63, 3.8) is 0 Å². The van der Waals surface area contributed by atoms with Crippen molar-refractivity contribution in [2.24, 2.45) is 0 Å². The fourth-order valence-corrected chi connectivity index (χ4v) is 1.59. The van der Waals surface area contributed by atoms with Crippen molar-refractivity contribution < 1.29 is 9.84 Å². The third-order valence-corrected chi connectivity index (χ3v) is 3.07. The number of benzene rings is 1. The lowest BCUT2D eigenvalue weighted by Gasteiger charge is -2.17. The Labute approximate surface area is 103 Å². The molecule has 0 heterocycles. The fourth-order valence-electron chi connectivity index (χ4n) is 1.59. The van der Waals surface area contributed by atoms with Crippen molar-refractivity contribution in [1.82, 2.24) is 5.32 Å². The zero-order valence-electron chi connectivity index (χ0n) is 10.5. The van der Waals surface area contributed by atoms with Crippen LogP contribution in [0.4, 0.5) is 0 Å². The quantitative estimate of drug-likeness (QED) is 0.793. The van der Waals surface area contributed by atoms with Gasteiger partial charge in [-0.05, 0) is 44.4 Å². The van der Waals surface area contributed by atoms with Crippen LogP contribution in [0.5, 0.6) is 5.75 Å². The fraction of sp³-hybridized carbons (Fsp3) is 0.571. The average molecular weight is 235 g/mol. The molecule has 17 heavy (non-hydrogen) atoms. The van der Waals surface area contributed by atoms with Gasteiger partial charge in [-0.3, -0.25) is 0 Å². The maximum atomic E-state index is 9.40. The first-order chi connectivity index (χ1) is 8.15. The van der Waals surface area contributed by atoms with Crippen LogP contribution in [0.2, 0.25) is 0 Å². The van der Waals surface area contributed by atoms with Gasteiger partial charge in [0.1, 0.15) is 11.9 Å². The summed E-state index contributed by atoms with van der Waals surface area (Å²) < 4.78 is 5.66. The van der Waals surface area contributed by atoms with E-state index in [2.05, 4.69) is 11.4 Å². The summed E-state index contributed by atoms with van der Waals surface area (Å²) in [5.74, 6) is 0.827. The molecule has 0 spiro atoms. The van der Waals surface area contributed by atoms with Gasteiger partial charge in [0, 0.05) is 12.6 Å². The van der Waals surface area contributed by atoms with Gasteiger partial charge in [-0.1, -0.05) is 12.1 Å². The number of ether oxygens (including phenoxy) is 1. The van der Waals surface area contributed by atoms with Crippen LogP contribution >= 0.6 is 0 Å². The molecule has 0 aromatic heterocycles. The van der Waals surface area contributed by atoms with Gasteiger partial charge in [-0.15, -0.1) is 0 Å². The second-order valence-electron chi connectivity index (χ2n) is 4.87. The highest BCUT2D eigenvalue weighted by atomic mass is 16.5. The number of nitrogens with one attached hydrogen (secondary N) is 1. The number of aliphatic hydroxyl groups is 1. The molecule has 0 aliphatic heterocycles. The summed E-state index contributed by atoms with van der Waals surface area (Å²) in [6.07, 6.45) is 1.97. The molecule has 0 bridgehead atoms. The van der Waals surface area contributed by atoms with Crippen LogP contribution in [0.1, 0.15) is 32.3 Å². The monoisotopic (exact) mass is 235 g/mol. The third kappa shape index (κ3) is 4.02. The molecule has 1 aliphatic rings. The molecule has 1 saturated carbocycles. The second-order valence-corrected chi connectivity index (χ2v) is 4.87. The molecular weight excluding hydrogens is 214 g/mol. The molecule has 94 valence electrons. The van der Waals surface area contributed by atoms with Gasteiger partial charge in [0.2, 0.25) is 0 Å². The van der Waals surface area contributed by atoms with E-state index in [0.717, 1.165) is 18.3 Å². The molecule has 1 aromatic rings. The van der Waals surface area contributed by atoms with Crippen molar-refractivity contribution in [2.45, 2.75) is 51.5 Å². The van der Waals surface area contributed by atoms with E-state index in [1.54, 1.807) is 6.92 Å². The Morgan fingerprint density at radius 2 is 2.18 bits per heavy atom. The minimum absolute atomic E-state index is 0.179. The van der Waals surface area contributed by atoms with Crippen LogP contribution in [0, 0.1) is 0 Å².